The van der Waals surface area contributed by atoms with Crippen molar-refractivity contribution >= 4 is 23.5 Å². The van der Waals surface area contributed by atoms with Gasteiger partial charge < -0.3 is 25.3 Å². The summed E-state index contributed by atoms with van der Waals surface area (Å²) < 4.78 is 0. The quantitative estimate of drug-likeness (QED) is 0.776. The molecule has 8 heteroatoms. The number of piperidine rings is 1. The van der Waals surface area contributed by atoms with Crippen LogP contribution in [0.2, 0.25) is 0 Å². The van der Waals surface area contributed by atoms with E-state index in [9.17, 15) is 14.4 Å². The predicted octanol–water partition coefficient (Wildman–Crippen LogP) is 1.17. The van der Waals surface area contributed by atoms with Crippen LogP contribution >= 0.6 is 0 Å². The van der Waals surface area contributed by atoms with Crippen LogP contribution in [0.1, 0.15) is 31.2 Å². The van der Waals surface area contributed by atoms with Gasteiger partial charge in [-0.1, -0.05) is 12.1 Å². The van der Waals surface area contributed by atoms with E-state index in [2.05, 4.69) is 15.5 Å². The third-order valence-corrected chi connectivity index (χ3v) is 6.25. The Kier molecular flexibility index (Phi) is 6.40. The number of carbonyl (C=O) groups excluding carboxylic acids is 3. The number of nitrogens with zero attached hydrogens (tertiary/aromatic N) is 3. The smallest absolute Gasteiger partial charge is 0.320 e. The average molecular weight is 414 g/mol. The normalized spacial score (nSPS) is 22.1. The van der Waals surface area contributed by atoms with E-state index in [1.807, 2.05) is 34.1 Å². The van der Waals surface area contributed by atoms with Gasteiger partial charge >= 0.3 is 6.03 Å². The number of urea groups is 1. The van der Waals surface area contributed by atoms with Gasteiger partial charge in [0.1, 0.15) is 0 Å². The summed E-state index contributed by atoms with van der Waals surface area (Å²) in [5, 5.41) is 5.86. The molecule has 8 nitrogen and oxygen atoms in total. The molecule has 1 aromatic rings. The lowest BCUT2D eigenvalue weighted by Gasteiger charge is -2.34. The van der Waals surface area contributed by atoms with Crippen LogP contribution in [0.25, 0.3) is 0 Å². The number of carbonyl (C=O) groups is 3. The Balaban J connectivity index is 1.26. The highest BCUT2D eigenvalue weighted by Gasteiger charge is 2.31. The fourth-order valence-corrected chi connectivity index (χ4v) is 4.49. The molecule has 0 aromatic heterocycles. The van der Waals surface area contributed by atoms with Crippen molar-refractivity contribution in [3.63, 3.8) is 0 Å². The molecule has 3 aliphatic heterocycles. The summed E-state index contributed by atoms with van der Waals surface area (Å²) in [6, 6.07) is 8.07. The third-order valence-electron chi connectivity index (χ3n) is 6.25. The SMILES string of the molecule is O=C1CN(c2ccc(CNC(=O)C3CCCN(C(=O)N4CCCC4)C3)cc2)CCN1. The molecule has 1 unspecified atom stereocenters. The fraction of sp³-hybridized carbons (Fsp3) is 0.591. The van der Waals surface area contributed by atoms with Gasteiger partial charge in [0, 0.05) is 51.5 Å². The minimum Gasteiger partial charge on any atom is -0.360 e. The van der Waals surface area contributed by atoms with Crippen LogP contribution in [-0.4, -0.2) is 73.5 Å². The first-order valence-electron chi connectivity index (χ1n) is 11.0. The molecule has 162 valence electrons. The molecule has 3 heterocycles. The van der Waals surface area contributed by atoms with E-state index < -0.39 is 0 Å². The molecule has 3 fully saturated rings. The van der Waals surface area contributed by atoms with Gasteiger partial charge in [-0.2, -0.15) is 0 Å². The van der Waals surface area contributed by atoms with Crippen LogP contribution in [0.4, 0.5) is 10.5 Å². The second-order valence-corrected chi connectivity index (χ2v) is 8.42. The van der Waals surface area contributed by atoms with Crippen molar-refractivity contribution in [2.24, 2.45) is 5.92 Å². The van der Waals surface area contributed by atoms with E-state index >= 15 is 0 Å². The minimum absolute atomic E-state index is 0.0192. The van der Waals surface area contributed by atoms with E-state index in [-0.39, 0.29) is 23.8 Å². The highest BCUT2D eigenvalue weighted by Crippen LogP contribution is 2.20. The molecule has 0 radical (unpaired) electrons. The van der Waals surface area contributed by atoms with Gasteiger partial charge in [-0.15, -0.1) is 0 Å². The van der Waals surface area contributed by atoms with Gasteiger partial charge in [0.15, 0.2) is 0 Å². The lowest BCUT2D eigenvalue weighted by Crippen LogP contribution is -2.49. The Bertz CT molecular complexity index is 775. The molecule has 1 aromatic carbocycles. The van der Waals surface area contributed by atoms with Crippen molar-refractivity contribution in [3.8, 4) is 0 Å². The second-order valence-electron chi connectivity index (χ2n) is 8.42. The van der Waals surface area contributed by atoms with E-state index in [1.54, 1.807) is 0 Å². The maximum Gasteiger partial charge on any atom is 0.320 e. The molecule has 1 atom stereocenters. The number of hydrogen-bond donors (Lipinski definition) is 2. The largest absolute Gasteiger partial charge is 0.360 e. The Morgan fingerprint density at radius 1 is 1.00 bits per heavy atom. The van der Waals surface area contributed by atoms with E-state index in [1.165, 1.54) is 0 Å². The Morgan fingerprint density at radius 3 is 2.47 bits per heavy atom. The zero-order valence-corrected chi connectivity index (χ0v) is 17.4. The zero-order chi connectivity index (χ0) is 20.9. The molecule has 3 saturated heterocycles. The van der Waals surface area contributed by atoms with Gasteiger partial charge in [0.25, 0.3) is 0 Å². The first-order valence-corrected chi connectivity index (χ1v) is 11.0. The van der Waals surface area contributed by atoms with Crippen molar-refractivity contribution in [1.82, 2.24) is 20.4 Å². The summed E-state index contributed by atoms with van der Waals surface area (Å²) in [5.41, 5.74) is 2.04. The second kappa shape index (κ2) is 9.36. The van der Waals surface area contributed by atoms with Gasteiger partial charge in [0.05, 0.1) is 12.5 Å². The lowest BCUT2D eigenvalue weighted by molar-refractivity contribution is -0.126. The molecule has 0 aliphatic carbocycles. The highest BCUT2D eigenvalue weighted by atomic mass is 16.2. The molecular formula is C22H31N5O3. The molecule has 2 N–H and O–H groups in total. The summed E-state index contributed by atoms with van der Waals surface area (Å²) in [7, 11) is 0. The van der Waals surface area contributed by atoms with Crippen molar-refractivity contribution in [2.75, 3.05) is 50.7 Å². The Labute approximate surface area is 177 Å². The molecule has 0 saturated carbocycles. The fourth-order valence-electron chi connectivity index (χ4n) is 4.49. The van der Waals surface area contributed by atoms with E-state index in [4.69, 9.17) is 0 Å². The topological polar surface area (TPSA) is 85.0 Å². The van der Waals surface area contributed by atoms with Crippen LogP contribution in [-0.2, 0) is 16.1 Å². The summed E-state index contributed by atoms with van der Waals surface area (Å²) in [4.78, 5) is 42.7. The number of nitrogens with one attached hydrogen (secondary N) is 2. The monoisotopic (exact) mass is 413 g/mol. The number of likely N-dealkylation sites (tertiary alicyclic amines) is 2. The summed E-state index contributed by atoms with van der Waals surface area (Å²) in [6.45, 7) is 5.24. The van der Waals surface area contributed by atoms with Gasteiger partial charge in [-0.25, -0.2) is 4.79 Å². The molecule has 0 spiro atoms. The van der Waals surface area contributed by atoms with Crippen LogP contribution < -0.4 is 15.5 Å². The highest BCUT2D eigenvalue weighted by molar-refractivity contribution is 5.83. The third kappa shape index (κ3) is 4.86. The van der Waals surface area contributed by atoms with Crippen LogP contribution in [0.15, 0.2) is 24.3 Å². The van der Waals surface area contributed by atoms with Crippen LogP contribution in [0.5, 0.6) is 0 Å². The average Bonchev–Trinajstić information content (AvgIpc) is 3.32. The summed E-state index contributed by atoms with van der Waals surface area (Å²) in [5.74, 6) is -0.0792. The number of amides is 4. The van der Waals surface area contributed by atoms with Crippen LogP contribution in [0, 0.1) is 5.92 Å². The molecular weight excluding hydrogens is 382 g/mol. The van der Waals surface area contributed by atoms with Gasteiger partial charge in [0.2, 0.25) is 11.8 Å². The first-order chi connectivity index (χ1) is 14.6. The zero-order valence-electron chi connectivity index (χ0n) is 17.4. The minimum atomic E-state index is -0.142. The standard InChI is InChI=1S/C22H31N5O3/c28-20-16-26(13-9-23-20)19-7-5-17(6-8-19)14-24-21(29)18-4-3-12-27(15-18)22(30)25-10-1-2-11-25/h5-8,18H,1-4,9-16H2,(H,23,28)(H,24,29). The van der Waals surface area contributed by atoms with Crippen molar-refractivity contribution < 1.29 is 14.4 Å². The summed E-state index contributed by atoms with van der Waals surface area (Å²) >= 11 is 0. The molecule has 3 aliphatic rings. The number of anilines is 1. The first kappa shape index (κ1) is 20.5. The van der Waals surface area contributed by atoms with Crippen molar-refractivity contribution in [2.45, 2.75) is 32.2 Å². The van der Waals surface area contributed by atoms with Crippen molar-refractivity contribution in [1.29, 1.82) is 0 Å². The Morgan fingerprint density at radius 2 is 1.73 bits per heavy atom. The number of benzene rings is 1. The molecule has 4 amide bonds. The predicted molar refractivity (Wildman–Crippen MR) is 114 cm³/mol. The maximum atomic E-state index is 12.7. The maximum absolute atomic E-state index is 12.7. The number of piperazine rings is 1. The lowest BCUT2D eigenvalue weighted by atomic mass is 9.97. The van der Waals surface area contributed by atoms with E-state index in [0.29, 0.717) is 26.2 Å². The van der Waals surface area contributed by atoms with Crippen molar-refractivity contribution in [3.05, 3.63) is 29.8 Å². The molecule has 0 bridgehead atoms. The van der Waals surface area contributed by atoms with Gasteiger partial charge in [-0.05, 0) is 43.4 Å². The number of hydrogen-bond acceptors (Lipinski definition) is 4. The summed E-state index contributed by atoms with van der Waals surface area (Å²) in [6.07, 6.45) is 3.85. The van der Waals surface area contributed by atoms with Crippen LogP contribution in [0.3, 0.4) is 0 Å². The van der Waals surface area contributed by atoms with Gasteiger partial charge in [-0.3, -0.25) is 9.59 Å². The van der Waals surface area contributed by atoms with E-state index in [0.717, 1.165) is 63.1 Å². The molecule has 4 rings (SSSR count). The number of rotatable bonds is 4. The Hall–Kier alpha value is -2.77. The molecule has 30 heavy (non-hydrogen) atoms.